The van der Waals surface area contributed by atoms with Crippen molar-refractivity contribution in [2.75, 3.05) is 0 Å². The Morgan fingerprint density at radius 2 is 2.22 bits per heavy atom. The first kappa shape index (κ1) is 13.3. The predicted octanol–water partition coefficient (Wildman–Crippen LogP) is 4.46. The molecule has 0 saturated carbocycles. The van der Waals surface area contributed by atoms with Gasteiger partial charge in [-0.1, -0.05) is 39.7 Å². The zero-order chi connectivity index (χ0) is 13.1. The third-order valence-electron chi connectivity index (χ3n) is 2.35. The number of rotatable bonds is 3. The van der Waals surface area contributed by atoms with E-state index < -0.39 is 0 Å². The lowest BCUT2D eigenvalue weighted by Crippen LogP contribution is -2.02. The molecule has 0 aliphatic carbocycles. The van der Waals surface area contributed by atoms with E-state index in [0.29, 0.717) is 14.8 Å². The summed E-state index contributed by atoms with van der Waals surface area (Å²) in [5, 5.41) is 8.77. The van der Waals surface area contributed by atoms with Gasteiger partial charge in [-0.15, -0.1) is 11.3 Å². The van der Waals surface area contributed by atoms with Crippen LogP contribution in [0.4, 0.5) is 0 Å². The normalized spacial score (nSPS) is 10.1. The lowest BCUT2D eigenvalue weighted by Gasteiger charge is -2.00. The Bertz CT molecular complexity index is 645. The molecule has 2 nitrogen and oxygen atoms in total. The molecule has 1 aromatic carbocycles. The Hall–Kier alpha value is -1.15. The molecule has 0 aliphatic heterocycles. The number of Topliss-reactive ketones (excluding diaryl/α,β-unsaturated/α-hetero) is 1. The molecule has 0 spiro atoms. The van der Waals surface area contributed by atoms with Crippen molar-refractivity contribution in [1.29, 1.82) is 5.26 Å². The highest BCUT2D eigenvalue weighted by Gasteiger charge is 2.15. The zero-order valence-corrected chi connectivity index (χ0v) is 12.3. The van der Waals surface area contributed by atoms with Gasteiger partial charge in [0.1, 0.15) is 15.3 Å². The lowest BCUT2D eigenvalue weighted by molar-refractivity contribution is 0.0993. The van der Waals surface area contributed by atoms with Gasteiger partial charge >= 0.3 is 0 Å². The molecule has 0 radical (unpaired) electrons. The van der Waals surface area contributed by atoms with Crippen LogP contribution in [0.15, 0.2) is 34.8 Å². The summed E-state index contributed by atoms with van der Waals surface area (Å²) in [7, 11) is 0. The SMILES string of the molecule is N#Cc1cc(C(=O)Cc2cccc(Br)c2)c(Cl)s1. The minimum Gasteiger partial charge on any atom is -0.294 e. The second-order valence-electron chi connectivity index (χ2n) is 3.64. The zero-order valence-electron chi connectivity index (χ0n) is 9.11. The van der Waals surface area contributed by atoms with Crippen molar-refractivity contribution in [3.05, 3.63) is 55.1 Å². The number of ketones is 1. The van der Waals surface area contributed by atoms with Gasteiger partial charge in [0, 0.05) is 16.5 Å². The second-order valence-corrected chi connectivity index (χ2v) is 6.21. The van der Waals surface area contributed by atoms with Crippen molar-refractivity contribution in [3.8, 4) is 6.07 Å². The van der Waals surface area contributed by atoms with E-state index in [4.69, 9.17) is 16.9 Å². The van der Waals surface area contributed by atoms with Crippen LogP contribution in [0, 0.1) is 11.3 Å². The fraction of sp³-hybridized carbons (Fsp3) is 0.0769. The average molecular weight is 341 g/mol. The average Bonchev–Trinajstić information content (AvgIpc) is 2.70. The van der Waals surface area contributed by atoms with E-state index in [-0.39, 0.29) is 12.2 Å². The van der Waals surface area contributed by atoms with Gasteiger partial charge in [-0.25, -0.2) is 0 Å². The quantitative estimate of drug-likeness (QED) is 0.774. The maximum Gasteiger partial charge on any atom is 0.169 e. The number of thiophene rings is 1. The second kappa shape index (κ2) is 5.66. The van der Waals surface area contributed by atoms with Gasteiger partial charge in [-0.2, -0.15) is 5.26 Å². The van der Waals surface area contributed by atoms with Gasteiger partial charge in [-0.05, 0) is 23.8 Å². The van der Waals surface area contributed by atoms with Crippen LogP contribution in [0.5, 0.6) is 0 Å². The summed E-state index contributed by atoms with van der Waals surface area (Å²) in [6.45, 7) is 0. The summed E-state index contributed by atoms with van der Waals surface area (Å²) in [4.78, 5) is 12.5. The van der Waals surface area contributed by atoms with Gasteiger partial charge in [0.05, 0.1) is 0 Å². The largest absolute Gasteiger partial charge is 0.294 e. The lowest BCUT2D eigenvalue weighted by atomic mass is 10.1. The van der Waals surface area contributed by atoms with Crippen molar-refractivity contribution < 1.29 is 4.79 Å². The maximum absolute atomic E-state index is 12.1. The third-order valence-corrected chi connectivity index (χ3v) is 4.11. The predicted molar refractivity (Wildman–Crippen MR) is 76.2 cm³/mol. The van der Waals surface area contributed by atoms with E-state index in [0.717, 1.165) is 21.4 Å². The van der Waals surface area contributed by atoms with Gasteiger partial charge in [0.15, 0.2) is 5.78 Å². The Morgan fingerprint density at radius 3 is 2.83 bits per heavy atom. The molecule has 2 rings (SSSR count). The molecule has 0 bridgehead atoms. The summed E-state index contributed by atoms with van der Waals surface area (Å²) >= 11 is 10.4. The molecular formula is C13H7BrClNOS. The van der Waals surface area contributed by atoms with Crippen LogP contribution in [-0.2, 0) is 6.42 Å². The summed E-state index contributed by atoms with van der Waals surface area (Å²) in [6, 6.07) is 11.1. The van der Waals surface area contributed by atoms with E-state index in [2.05, 4.69) is 15.9 Å². The Kier molecular flexibility index (Phi) is 4.18. The first-order valence-electron chi connectivity index (χ1n) is 5.07. The van der Waals surface area contributed by atoms with Crippen LogP contribution in [0.2, 0.25) is 4.34 Å². The summed E-state index contributed by atoms with van der Waals surface area (Å²) in [5.74, 6) is -0.0733. The Balaban J connectivity index is 2.22. The standard InChI is InChI=1S/C13H7BrClNOS/c14-9-3-1-2-8(4-9)5-12(17)11-6-10(7-16)18-13(11)15/h1-4,6H,5H2. The molecule has 0 amide bonds. The molecule has 0 N–H and O–H groups in total. The highest BCUT2D eigenvalue weighted by Crippen LogP contribution is 2.28. The van der Waals surface area contributed by atoms with Crippen molar-refractivity contribution in [1.82, 2.24) is 0 Å². The van der Waals surface area contributed by atoms with Gasteiger partial charge in [-0.3, -0.25) is 4.79 Å². The third kappa shape index (κ3) is 2.99. The molecule has 5 heteroatoms. The molecule has 18 heavy (non-hydrogen) atoms. The van der Waals surface area contributed by atoms with Gasteiger partial charge in [0.25, 0.3) is 0 Å². The monoisotopic (exact) mass is 339 g/mol. The molecule has 1 heterocycles. The highest BCUT2D eigenvalue weighted by atomic mass is 79.9. The number of benzene rings is 1. The van der Waals surface area contributed by atoms with Crippen LogP contribution in [-0.4, -0.2) is 5.78 Å². The molecule has 0 aliphatic rings. The molecule has 0 fully saturated rings. The number of nitrogens with zero attached hydrogens (tertiary/aromatic N) is 1. The Morgan fingerprint density at radius 1 is 1.44 bits per heavy atom. The first-order chi connectivity index (χ1) is 8.60. The van der Waals surface area contributed by atoms with Crippen LogP contribution in [0.1, 0.15) is 20.8 Å². The van der Waals surface area contributed by atoms with Crippen molar-refractivity contribution in [3.63, 3.8) is 0 Å². The number of carbonyl (C=O) groups is 1. The number of nitriles is 1. The van der Waals surface area contributed by atoms with Crippen LogP contribution in [0.3, 0.4) is 0 Å². The smallest absolute Gasteiger partial charge is 0.169 e. The van der Waals surface area contributed by atoms with Crippen LogP contribution in [0.25, 0.3) is 0 Å². The molecule has 0 saturated heterocycles. The molecule has 0 atom stereocenters. The van der Waals surface area contributed by atoms with Gasteiger partial charge in [0.2, 0.25) is 0 Å². The molecule has 90 valence electrons. The summed E-state index contributed by atoms with van der Waals surface area (Å²) in [5.41, 5.74) is 1.34. The van der Waals surface area contributed by atoms with E-state index in [1.54, 1.807) is 6.07 Å². The molecule has 2 aromatic rings. The molecule has 0 unspecified atom stereocenters. The summed E-state index contributed by atoms with van der Waals surface area (Å²) < 4.78 is 1.31. The fourth-order valence-corrected chi connectivity index (χ4v) is 3.10. The van der Waals surface area contributed by atoms with E-state index >= 15 is 0 Å². The van der Waals surface area contributed by atoms with E-state index in [9.17, 15) is 4.79 Å². The van der Waals surface area contributed by atoms with E-state index in [1.165, 1.54) is 0 Å². The van der Waals surface area contributed by atoms with Crippen LogP contribution >= 0.6 is 38.9 Å². The van der Waals surface area contributed by atoms with Crippen molar-refractivity contribution >= 4 is 44.7 Å². The number of hydrogen-bond acceptors (Lipinski definition) is 3. The molecular weight excluding hydrogens is 334 g/mol. The minimum absolute atomic E-state index is 0.0733. The minimum atomic E-state index is -0.0733. The first-order valence-corrected chi connectivity index (χ1v) is 7.06. The fourth-order valence-electron chi connectivity index (χ4n) is 1.54. The topological polar surface area (TPSA) is 40.9 Å². The maximum atomic E-state index is 12.1. The van der Waals surface area contributed by atoms with E-state index in [1.807, 2.05) is 30.3 Å². The van der Waals surface area contributed by atoms with Gasteiger partial charge < -0.3 is 0 Å². The molecule has 1 aromatic heterocycles. The number of halogens is 2. The van der Waals surface area contributed by atoms with Crippen molar-refractivity contribution in [2.45, 2.75) is 6.42 Å². The number of hydrogen-bond donors (Lipinski definition) is 0. The Labute approximate surface area is 122 Å². The number of carbonyl (C=O) groups excluding carboxylic acids is 1. The van der Waals surface area contributed by atoms with Crippen molar-refractivity contribution in [2.24, 2.45) is 0 Å². The summed E-state index contributed by atoms with van der Waals surface area (Å²) in [6.07, 6.45) is 0.279. The highest BCUT2D eigenvalue weighted by molar-refractivity contribution is 9.10. The van der Waals surface area contributed by atoms with Crippen LogP contribution < -0.4 is 0 Å².